The molecule has 0 spiro atoms. The van der Waals surface area contributed by atoms with Crippen LogP contribution in [0.3, 0.4) is 0 Å². The first kappa shape index (κ1) is 23.0. The average molecular weight is 432 g/mol. The number of hydrogen-bond donors (Lipinski definition) is 3. The van der Waals surface area contributed by atoms with E-state index in [1.165, 1.54) is 18.3 Å². The van der Waals surface area contributed by atoms with Crippen molar-refractivity contribution in [2.45, 2.75) is 32.6 Å². The van der Waals surface area contributed by atoms with Crippen LogP contribution in [0.2, 0.25) is 0 Å². The van der Waals surface area contributed by atoms with Gasteiger partial charge in [0.25, 0.3) is 0 Å². The monoisotopic (exact) mass is 431 g/mol. The molecule has 0 radical (unpaired) electrons. The molecule has 0 bridgehead atoms. The molecule has 10 heteroatoms. The number of carboxylic acid groups (broad SMARTS) is 1. The van der Waals surface area contributed by atoms with Crippen LogP contribution in [0, 0.1) is 0 Å². The fourth-order valence-corrected chi connectivity index (χ4v) is 3.65. The Morgan fingerprint density at radius 2 is 1.87 bits per heavy atom. The second kappa shape index (κ2) is 11.1. The van der Waals surface area contributed by atoms with Gasteiger partial charge < -0.3 is 15.3 Å². The molecule has 1 heterocycles. The molecule has 9 nitrogen and oxygen atoms in total. The number of nitrogens with one attached hydrogen (secondary N) is 2. The lowest BCUT2D eigenvalue weighted by Crippen LogP contribution is -2.21. The van der Waals surface area contributed by atoms with E-state index in [2.05, 4.69) is 20.6 Å². The molecule has 2 rings (SSSR count). The Hall–Kier alpha value is -3.27. The van der Waals surface area contributed by atoms with Crippen LogP contribution in [0.5, 0.6) is 0 Å². The van der Waals surface area contributed by atoms with Crippen LogP contribution in [-0.4, -0.2) is 53.3 Å². The lowest BCUT2D eigenvalue weighted by Gasteiger charge is -2.09. The molecule has 0 aliphatic carbocycles. The molecule has 2 aromatic rings. The Labute approximate surface area is 178 Å². The van der Waals surface area contributed by atoms with Gasteiger partial charge in [-0.1, -0.05) is 12.1 Å². The fourth-order valence-electron chi connectivity index (χ4n) is 2.60. The van der Waals surface area contributed by atoms with Gasteiger partial charge in [-0.2, -0.15) is 0 Å². The highest BCUT2D eigenvalue weighted by atomic mass is 32.1. The zero-order valence-electron chi connectivity index (χ0n) is 17.1. The Kier molecular flexibility index (Phi) is 8.48. The standard InChI is InChI=1S/C20H25N5O4S/c1-13(26)23-19-24-16(17(30-19)10-11-18(27)25(2)3)9-6-14-4-7-15(8-5-14)21-12-22-20(28)29/h4-5,7-8,12H,6,9-11H2,1-3H3,(H,21,22)(H,28,29)(H,23,24,26). The molecule has 0 saturated carbocycles. The van der Waals surface area contributed by atoms with Crippen molar-refractivity contribution in [2.75, 3.05) is 19.4 Å². The number of rotatable bonds is 9. The predicted molar refractivity (Wildman–Crippen MR) is 117 cm³/mol. The van der Waals surface area contributed by atoms with Crippen molar-refractivity contribution in [2.24, 2.45) is 4.99 Å². The number of aliphatic imine (C=N–C) groups is 1. The first-order valence-electron chi connectivity index (χ1n) is 9.32. The van der Waals surface area contributed by atoms with Crippen LogP contribution in [-0.2, 0) is 28.9 Å². The van der Waals surface area contributed by atoms with Gasteiger partial charge in [0.1, 0.15) is 0 Å². The van der Waals surface area contributed by atoms with Crippen molar-refractivity contribution in [3.8, 4) is 0 Å². The molecule has 160 valence electrons. The second-order valence-corrected chi connectivity index (χ2v) is 7.82. The Morgan fingerprint density at radius 1 is 1.17 bits per heavy atom. The SMILES string of the molecule is CC(=O)Nc1nc(CCc2ccc(N=CNC(=O)O)cc2)c(CCC(=O)N(C)C)s1. The molecule has 0 saturated heterocycles. The van der Waals surface area contributed by atoms with Crippen molar-refractivity contribution in [3.05, 3.63) is 40.4 Å². The third-order valence-electron chi connectivity index (χ3n) is 4.11. The Balaban J connectivity index is 2.04. The van der Waals surface area contributed by atoms with Crippen molar-refractivity contribution < 1.29 is 19.5 Å². The van der Waals surface area contributed by atoms with Crippen molar-refractivity contribution >= 4 is 46.4 Å². The van der Waals surface area contributed by atoms with Gasteiger partial charge >= 0.3 is 6.09 Å². The zero-order valence-corrected chi connectivity index (χ0v) is 18.0. The summed E-state index contributed by atoms with van der Waals surface area (Å²) in [4.78, 5) is 44.8. The molecular formula is C20H25N5O4S. The van der Waals surface area contributed by atoms with Crippen LogP contribution in [0.25, 0.3) is 0 Å². The lowest BCUT2D eigenvalue weighted by atomic mass is 10.1. The molecule has 1 aromatic carbocycles. The van der Waals surface area contributed by atoms with E-state index in [-0.39, 0.29) is 11.8 Å². The number of amides is 3. The Morgan fingerprint density at radius 3 is 2.47 bits per heavy atom. The number of carbonyl (C=O) groups is 3. The van der Waals surface area contributed by atoms with Gasteiger partial charge in [-0.15, -0.1) is 11.3 Å². The van der Waals surface area contributed by atoms with Gasteiger partial charge in [0.2, 0.25) is 11.8 Å². The van der Waals surface area contributed by atoms with E-state index in [1.807, 2.05) is 12.1 Å². The van der Waals surface area contributed by atoms with E-state index in [9.17, 15) is 14.4 Å². The maximum Gasteiger partial charge on any atom is 0.409 e. The van der Waals surface area contributed by atoms with Crippen LogP contribution >= 0.6 is 11.3 Å². The summed E-state index contributed by atoms with van der Waals surface area (Å²) in [7, 11) is 3.45. The maximum absolute atomic E-state index is 11.9. The normalized spacial score (nSPS) is 10.8. The van der Waals surface area contributed by atoms with Gasteiger partial charge in [-0.05, 0) is 37.0 Å². The van der Waals surface area contributed by atoms with Crippen molar-refractivity contribution in [1.29, 1.82) is 0 Å². The van der Waals surface area contributed by atoms with Crippen molar-refractivity contribution in [1.82, 2.24) is 15.2 Å². The minimum absolute atomic E-state index is 0.0453. The largest absolute Gasteiger partial charge is 0.465 e. The first-order chi connectivity index (χ1) is 14.2. The molecule has 3 N–H and O–H groups in total. The van der Waals surface area contributed by atoms with E-state index in [0.717, 1.165) is 28.9 Å². The number of anilines is 1. The molecule has 0 atom stereocenters. The fraction of sp³-hybridized carbons (Fsp3) is 0.350. The second-order valence-electron chi connectivity index (χ2n) is 6.73. The third kappa shape index (κ3) is 7.63. The quantitative estimate of drug-likeness (QED) is 0.416. The van der Waals surface area contributed by atoms with Gasteiger partial charge in [0.15, 0.2) is 5.13 Å². The minimum Gasteiger partial charge on any atom is -0.465 e. The number of aromatic nitrogens is 1. The van der Waals surface area contributed by atoms with Gasteiger partial charge in [-0.25, -0.2) is 14.8 Å². The molecule has 0 unspecified atom stereocenters. The summed E-state index contributed by atoms with van der Waals surface area (Å²) in [6.45, 7) is 1.44. The molecule has 0 aliphatic rings. The summed E-state index contributed by atoms with van der Waals surface area (Å²) in [5.74, 6) is -0.135. The van der Waals surface area contributed by atoms with Crippen LogP contribution in [0.1, 0.15) is 29.5 Å². The van der Waals surface area contributed by atoms with Gasteiger partial charge in [-0.3, -0.25) is 14.9 Å². The van der Waals surface area contributed by atoms with Crippen LogP contribution in [0.15, 0.2) is 29.3 Å². The molecule has 3 amide bonds. The summed E-state index contributed by atoms with van der Waals surface area (Å²) in [6.07, 6.45) is 2.32. The Bertz CT molecular complexity index is 922. The van der Waals surface area contributed by atoms with E-state index in [0.29, 0.717) is 30.1 Å². The van der Waals surface area contributed by atoms with E-state index in [4.69, 9.17) is 5.11 Å². The molecule has 30 heavy (non-hydrogen) atoms. The number of thiazole rings is 1. The number of carbonyl (C=O) groups excluding carboxylic acids is 2. The summed E-state index contributed by atoms with van der Waals surface area (Å²) in [6, 6.07) is 7.44. The predicted octanol–water partition coefficient (Wildman–Crippen LogP) is 2.83. The topological polar surface area (TPSA) is 124 Å². The van der Waals surface area contributed by atoms with Crippen LogP contribution < -0.4 is 10.6 Å². The highest BCUT2D eigenvalue weighted by Gasteiger charge is 2.14. The summed E-state index contributed by atoms with van der Waals surface area (Å²) in [5.41, 5.74) is 2.59. The summed E-state index contributed by atoms with van der Waals surface area (Å²) < 4.78 is 0. The van der Waals surface area contributed by atoms with E-state index < -0.39 is 6.09 Å². The van der Waals surface area contributed by atoms with Gasteiger partial charge in [0, 0.05) is 32.3 Å². The maximum atomic E-state index is 11.9. The van der Waals surface area contributed by atoms with E-state index >= 15 is 0 Å². The number of nitrogens with zero attached hydrogens (tertiary/aromatic N) is 3. The molecule has 0 fully saturated rings. The molecule has 0 aliphatic heterocycles. The number of hydrogen-bond acceptors (Lipinski definition) is 6. The molecule has 1 aromatic heterocycles. The summed E-state index contributed by atoms with van der Waals surface area (Å²) in [5, 5.41) is 13.9. The minimum atomic E-state index is -1.17. The lowest BCUT2D eigenvalue weighted by molar-refractivity contribution is -0.128. The van der Waals surface area contributed by atoms with E-state index in [1.54, 1.807) is 31.1 Å². The highest BCUT2D eigenvalue weighted by molar-refractivity contribution is 7.15. The number of benzene rings is 1. The zero-order chi connectivity index (χ0) is 22.1. The van der Waals surface area contributed by atoms with Crippen LogP contribution in [0.4, 0.5) is 15.6 Å². The third-order valence-corrected chi connectivity index (χ3v) is 5.19. The number of aryl methyl sites for hydroxylation is 3. The highest BCUT2D eigenvalue weighted by Crippen LogP contribution is 2.26. The van der Waals surface area contributed by atoms with Gasteiger partial charge in [0.05, 0.1) is 17.7 Å². The smallest absolute Gasteiger partial charge is 0.409 e. The average Bonchev–Trinajstić information content (AvgIpc) is 3.05. The van der Waals surface area contributed by atoms with Crippen molar-refractivity contribution in [3.63, 3.8) is 0 Å². The first-order valence-corrected chi connectivity index (χ1v) is 10.1. The summed E-state index contributed by atoms with van der Waals surface area (Å²) >= 11 is 1.40. The molecular weight excluding hydrogens is 406 g/mol.